The average Bonchev–Trinajstić information content (AvgIpc) is 2.62. The standard InChI is InChI=1S/C7H14N2O2/c8-3-6-4-9-5-7(6)10-1-2-11-7/h6,9H,1-5,8H2. The van der Waals surface area contributed by atoms with Crippen LogP contribution in [-0.4, -0.2) is 38.6 Å². The lowest BCUT2D eigenvalue weighted by atomic mass is 10.0. The van der Waals surface area contributed by atoms with E-state index in [4.69, 9.17) is 15.2 Å². The third-order valence-corrected chi connectivity index (χ3v) is 2.44. The summed E-state index contributed by atoms with van der Waals surface area (Å²) in [5, 5.41) is 3.23. The molecule has 0 aromatic rings. The van der Waals surface area contributed by atoms with Gasteiger partial charge in [-0.05, 0) is 0 Å². The Morgan fingerprint density at radius 2 is 2.18 bits per heavy atom. The third-order valence-electron chi connectivity index (χ3n) is 2.44. The van der Waals surface area contributed by atoms with E-state index < -0.39 is 0 Å². The second-order valence-electron chi connectivity index (χ2n) is 3.07. The van der Waals surface area contributed by atoms with Crippen molar-refractivity contribution >= 4 is 0 Å². The molecular formula is C7H14N2O2. The third kappa shape index (κ3) is 1.06. The summed E-state index contributed by atoms with van der Waals surface area (Å²) >= 11 is 0. The van der Waals surface area contributed by atoms with Gasteiger partial charge in [0.1, 0.15) is 0 Å². The predicted molar refractivity (Wildman–Crippen MR) is 40.0 cm³/mol. The second kappa shape index (κ2) is 2.71. The van der Waals surface area contributed by atoms with Gasteiger partial charge in [-0.25, -0.2) is 0 Å². The fraction of sp³-hybridized carbons (Fsp3) is 1.00. The number of nitrogens with one attached hydrogen (secondary N) is 1. The lowest BCUT2D eigenvalue weighted by molar-refractivity contribution is -0.167. The van der Waals surface area contributed by atoms with Crippen LogP contribution in [0.3, 0.4) is 0 Å². The summed E-state index contributed by atoms with van der Waals surface area (Å²) in [5.74, 6) is -0.0561. The Balaban J connectivity index is 2.09. The van der Waals surface area contributed by atoms with Gasteiger partial charge >= 0.3 is 0 Å². The number of rotatable bonds is 1. The zero-order valence-corrected chi connectivity index (χ0v) is 6.51. The van der Waals surface area contributed by atoms with Gasteiger partial charge in [-0.1, -0.05) is 0 Å². The molecule has 1 spiro atoms. The van der Waals surface area contributed by atoms with Crippen LogP contribution in [0.5, 0.6) is 0 Å². The molecule has 11 heavy (non-hydrogen) atoms. The molecule has 0 aromatic carbocycles. The highest BCUT2D eigenvalue weighted by Gasteiger charge is 2.47. The van der Waals surface area contributed by atoms with Gasteiger partial charge < -0.3 is 20.5 Å². The van der Waals surface area contributed by atoms with Crippen LogP contribution in [0.25, 0.3) is 0 Å². The van der Waals surface area contributed by atoms with Crippen LogP contribution in [0.4, 0.5) is 0 Å². The molecule has 2 aliphatic rings. The number of hydrogen-bond acceptors (Lipinski definition) is 4. The molecule has 64 valence electrons. The highest BCUT2D eigenvalue weighted by atomic mass is 16.7. The first-order chi connectivity index (χ1) is 5.37. The highest BCUT2D eigenvalue weighted by Crippen LogP contribution is 2.30. The van der Waals surface area contributed by atoms with E-state index in [0.29, 0.717) is 25.7 Å². The van der Waals surface area contributed by atoms with Crippen molar-refractivity contribution in [2.45, 2.75) is 5.79 Å². The van der Waals surface area contributed by atoms with Crippen molar-refractivity contribution in [3.05, 3.63) is 0 Å². The molecule has 2 fully saturated rings. The molecule has 2 saturated heterocycles. The Morgan fingerprint density at radius 3 is 2.82 bits per heavy atom. The summed E-state index contributed by atoms with van der Waals surface area (Å²) < 4.78 is 11.1. The predicted octanol–water partition coefficient (Wildman–Crippen LogP) is -1.09. The minimum atomic E-state index is -0.380. The summed E-state index contributed by atoms with van der Waals surface area (Å²) in [6.07, 6.45) is 0. The number of nitrogens with two attached hydrogens (primary N) is 1. The van der Waals surface area contributed by atoms with E-state index in [9.17, 15) is 0 Å². The van der Waals surface area contributed by atoms with Crippen LogP contribution in [0, 0.1) is 5.92 Å². The fourth-order valence-corrected chi connectivity index (χ4v) is 1.79. The first-order valence-electron chi connectivity index (χ1n) is 4.06. The maximum atomic E-state index is 5.59. The Kier molecular flexibility index (Phi) is 1.85. The van der Waals surface area contributed by atoms with Crippen LogP contribution in [0.15, 0.2) is 0 Å². The molecule has 0 bridgehead atoms. The van der Waals surface area contributed by atoms with E-state index in [1.807, 2.05) is 0 Å². The minimum absolute atomic E-state index is 0.324. The summed E-state index contributed by atoms with van der Waals surface area (Å²) in [6.45, 7) is 3.74. The number of ether oxygens (including phenoxy) is 2. The summed E-state index contributed by atoms with van der Waals surface area (Å²) in [7, 11) is 0. The van der Waals surface area contributed by atoms with E-state index >= 15 is 0 Å². The first kappa shape index (κ1) is 7.49. The highest BCUT2D eigenvalue weighted by molar-refractivity contribution is 4.92. The van der Waals surface area contributed by atoms with Gasteiger partial charge in [-0.2, -0.15) is 0 Å². The number of hydrogen-bond donors (Lipinski definition) is 2. The molecular weight excluding hydrogens is 144 g/mol. The topological polar surface area (TPSA) is 56.5 Å². The zero-order valence-electron chi connectivity index (χ0n) is 6.51. The monoisotopic (exact) mass is 158 g/mol. The normalized spacial score (nSPS) is 35.2. The van der Waals surface area contributed by atoms with Crippen molar-refractivity contribution in [1.82, 2.24) is 5.32 Å². The van der Waals surface area contributed by atoms with Crippen molar-refractivity contribution in [2.24, 2.45) is 11.7 Å². The van der Waals surface area contributed by atoms with E-state index in [2.05, 4.69) is 5.32 Å². The fourth-order valence-electron chi connectivity index (χ4n) is 1.79. The van der Waals surface area contributed by atoms with Crippen molar-refractivity contribution in [1.29, 1.82) is 0 Å². The molecule has 2 rings (SSSR count). The van der Waals surface area contributed by atoms with Gasteiger partial charge in [0.15, 0.2) is 5.79 Å². The SMILES string of the molecule is NCC1CNCC12OCCO2. The molecule has 0 aliphatic carbocycles. The van der Waals surface area contributed by atoms with Gasteiger partial charge in [0.25, 0.3) is 0 Å². The Hall–Kier alpha value is -0.160. The minimum Gasteiger partial charge on any atom is -0.346 e. The van der Waals surface area contributed by atoms with Gasteiger partial charge in [0.05, 0.1) is 19.8 Å². The lowest BCUT2D eigenvalue weighted by Crippen LogP contribution is -2.42. The molecule has 4 heteroatoms. The van der Waals surface area contributed by atoms with E-state index in [1.54, 1.807) is 0 Å². The Bertz CT molecular complexity index is 140. The molecule has 2 aliphatic heterocycles. The molecule has 0 saturated carbocycles. The van der Waals surface area contributed by atoms with Crippen LogP contribution >= 0.6 is 0 Å². The van der Waals surface area contributed by atoms with Gasteiger partial charge in [-0.3, -0.25) is 0 Å². The molecule has 1 unspecified atom stereocenters. The summed E-state index contributed by atoms with van der Waals surface area (Å²) in [5.41, 5.74) is 5.59. The van der Waals surface area contributed by atoms with Crippen LogP contribution < -0.4 is 11.1 Å². The molecule has 2 heterocycles. The van der Waals surface area contributed by atoms with E-state index in [0.717, 1.165) is 13.1 Å². The van der Waals surface area contributed by atoms with Gasteiger partial charge in [0, 0.05) is 19.0 Å². The van der Waals surface area contributed by atoms with Crippen molar-refractivity contribution in [3.63, 3.8) is 0 Å². The van der Waals surface area contributed by atoms with Gasteiger partial charge in [0.2, 0.25) is 0 Å². The van der Waals surface area contributed by atoms with Crippen molar-refractivity contribution < 1.29 is 9.47 Å². The van der Waals surface area contributed by atoms with E-state index in [-0.39, 0.29) is 5.79 Å². The summed E-state index contributed by atoms with van der Waals surface area (Å²) in [6, 6.07) is 0. The van der Waals surface area contributed by atoms with Crippen molar-refractivity contribution in [3.8, 4) is 0 Å². The van der Waals surface area contributed by atoms with E-state index in [1.165, 1.54) is 0 Å². The lowest BCUT2D eigenvalue weighted by Gasteiger charge is -2.26. The largest absolute Gasteiger partial charge is 0.346 e. The molecule has 4 nitrogen and oxygen atoms in total. The smallest absolute Gasteiger partial charge is 0.186 e. The van der Waals surface area contributed by atoms with Crippen LogP contribution in [-0.2, 0) is 9.47 Å². The zero-order chi connectivity index (χ0) is 7.73. The van der Waals surface area contributed by atoms with Crippen LogP contribution in [0.1, 0.15) is 0 Å². The average molecular weight is 158 g/mol. The maximum absolute atomic E-state index is 5.59. The van der Waals surface area contributed by atoms with Crippen LogP contribution in [0.2, 0.25) is 0 Å². The molecule has 0 radical (unpaired) electrons. The second-order valence-corrected chi connectivity index (χ2v) is 3.07. The quantitative estimate of drug-likeness (QED) is 0.509. The summed E-state index contributed by atoms with van der Waals surface area (Å²) in [4.78, 5) is 0. The first-order valence-corrected chi connectivity index (χ1v) is 4.06. The Labute approximate surface area is 66.0 Å². The molecule has 3 N–H and O–H groups in total. The molecule has 1 atom stereocenters. The van der Waals surface area contributed by atoms with Crippen molar-refractivity contribution in [2.75, 3.05) is 32.8 Å². The van der Waals surface area contributed by atoms with Gasteiger partial charge in [-0.15, -0.1) is 0 Å². The molecule has 0 aromatic heterocycles. The molecule has 0 amide bonds. The maximum Gasteiger partial charge on any atom is 0.186 e. The Morgan fingerprint density at radius 1 is 1.45 bits per heavy atom.